The fraction of sp³-hybridized carbons (Fsp3) is 0.500. The number of amides is 2. The molecule has 0 bridgehead atoms. The van der Waals surface area contributed by atoms with Gasteiger partial charge in [0, 0.05) is 31.7 Å². The molecule has 2 heterocycles. The van der Waals surface area contributed by atoms with E-state index in [9.17, 15) is 19.1 Å². The third-order valence-electron chi connectivity index (χ3n) is 4.45. The number of fused-ring (bicyclic) bond motifs is 1. The van der Waals surface area contributed by atoms with Crippen LogP contribution in [0.5, 0.6) is 0 Å². The summed E-state index contributed by atoms with van der Waals surface area (Å²) in [7, 11) is 0. The van der Waals surface area contributed by atoms with E-state index in [0.29, 0.717) is 31.7 Å². The number of benzene rings is 1. The van der Waals surface area contributed by atoms with E-state index in [-0.39, 0.29) is 17.6 Å². The maximum absolute atomic E-state index is 13.8. The lowest BCUT2D eigenvalue weighted by Gasteiger charge is -2.45. The average molecular weight is 321 g/mol. The van der Waals surface area contributed by atoms with E-state index < -0.39 is 18.2 Å². The fourth-order valence-corrected chi connectivity index (χ4v) is 3.16. The van der Waals surface area contributed by atoms with E-state index in [4.69, 9.17) is 0 Å². The first-order valence-corrected chi connectivity index (χ1v) is 7.72. The van der Waals surface area contributed by atoms with Crippen LogP contribution in [-0.4, -0.2) is 64.5 Å². The van der Waals surface area contributed by atoms with Crippen LogP contribution < -0.4 is 5.32 Å². The first-order chi connectivity index (χ1) is 11.0. The van der Waals surface area contributed by atoms with Crippen molar-refractivity contribution in [1.29, 1.82) is 0 Å². The maximum atomic E-state index is 13.8. The molecule has 0 radical (unpaired) electrons. The first-order valence-electron chi connectivity index (χ1n) is 7.72. The molecule has 124 valence electrons. The van der Waals surface area contributed by atoms with Crippen LogP contribution in [-0.2, 0) is 16.1 Å². The van der Waals surface area contributed by atoms with Crippen molar-refractivity contribution in [2.24, 2.45) is 0 Å². The van der Waals surface area contributed by atoms with Crippen LogP contribution in [0.4, 0.5) is 4.39 Å². The van der Waals surface area contributed by atoms with Crippen LogP contribution in [0.1, 0.15) is 12.5 Å². The van der Waals surface area contributed by atoms with Gasteiger partial charge >= 0.3 is 0 Å². The molecule has 7 heteroatoms. The molecule has 1 aromatic rings. The summed E-state index contributed by atoms with van der Waals surface area (Å²) in [6.07, 6.45) is -0.927. The third kappa shape index (κ3) is 3.07. The van der Waals surface area contributed by atoms with Crippen molar-refractivity contribution in [2.45, 2.75) is 31.7 Å². The Morgan fingerprint density at radius 1 is 1.35 bits per heavy atom. The Morgan fingerprint density at radius 2 is 2.09 bits per heavy atom. The van der Waals surface area contributed by atoms with E-state index in [1.807, 2.05) is 4.90 Å². The SMILES string of the molecule is C[C@@H](O)[C@@H]1NC(=O)[C@H]2CN(Cc3ccccc3F)CCN2C1=O. The summed E-state index contributed by atoms with van der Waals surface area (Å²) < 4.78 is 13.8. The summed E-state index contributed by atoms with van der Waals surface area (Å²) in [4.78, 5) is 28.1. The van der Waals surface area contributed by atoms with Gasteiger partial charge in [0.05, 0.1) is 6.10 Å². The Balaban J connectivity index is 1.70. The van der Waals surface area contributed by atoms with Gasteiger partial charge in [0.2, 0.25) is 11.8 Å². The molecular formula is C16H20FN3O3. The summed E-state index contributed by atoms with van der Waals surface area (Å²) in [5.74, 6) is -0.794. The fourth-order valence-electron chi connectivity index (χ4n) is 3.16. The summed E-state index contributed by atoms with van der Waals surface area (Å²) in [5.41, 5.74) is 0.574. The molecule has 2 N–H and O–H groups in total. The van der Waals surface area contributed by atoms with Crippen molar-refractivity contribution >= 4 is 11.8 Å². The quantitative estimate of drug-likeness (QED) is 0.803. The predicted octanol–water partition coefficient (Wildman–Crippen LogP) is -0.282. The van der Waals surface area contributed by atoms with Gasteiger partial charge in [-0.15, -0.1) is 0 Å². The van der Waals surface area contributed by atoms with Crippen molar-refractivity contribution in [2.75, 3.05) is 19.6 Å². The smallest absolute Gasteiger partial charge is 0.248 e. The molecule has 6 nitrogen and oxygen atoms in total. The molecule has 2 amide bonds. The van der Waals surface area contributed by atoms with Gasteiger partial charge in [-0.25, -0.2) is 4.39 Å². The van der Waals surface area contributed by atoms with Gasteiger partial charge in [-0.3, -0.25) is 14.5 Å². The van der Waals surface area contributed by atoms with Gasteiger partial charge < -0.3 is 15.3 Å². The first kappa shape index (κ1) is 15.9. The molecule has 0 unspecified atom stereocenters. The predicted molar refractivity (Wildman–Crippen MR) is 80.8 cm³/mol. The topological polar surface area (TPSA) is 72.9 Å². The van der Waals surface area contributed by atoms with Crippen molar-refractivity contribution in [3.05, 3.63) is 35.6 Å². The highest BCUT2D eigenvalue weighted by Gasteiger charge is 2.44. The van der Waals surface area contributed by atoms with Crippen molar-refractivity contribution < 1.29 is 19.1 Å². The number of piperazine rings is 2. The van der Waals surface area contributed by atoms with Crippen LogP contribution in [0, 0.1) is 5.82 Å². The number of carbonyl (C=O) groups excluding carboxylic acids is 2. The number of nitrogens with zero attached hydrogens (tertiary/aromatic N) is 2. The Morgan fingerprint density at radius 3 is 2.78 bits per heavy atom. The highest BCUT2D eigenvalue weighted by Crippen LogP contribution is 2.20. The Hall–Kier alpha value is -1.99. The standard InChI is InChI=1S/C16H20FN3O3/c1-10(21)14-16(23)20-7-6-19(9-13(20)15(22)18-14)8-11-4-2-3-5-12(11)17/h2-5,10,13-14,21H,6-9H2,1H3,(H,18,22)/t10-,13-,14+/m1/s1. The molecule has 2 aliphatic heterocycles. The zero-order valence-corrected chi connectivity index (χ0v) is 12.9. The molecule has 1 aromatic carbocycles. The lowest BCUT2D eigenvalue weighted by Crippen LogP contribution is -2.70. The minimum Gasteiger partial charge on any atom is -0.391 e. The molecule has 0 aromatic heterocycles. The molecule has 2 saturated heterocycles. The molecule has 0 aliphatic carbocycles. The van der Waals surface area contributed by atoms with E-state index in [1.54, 1.807) is 18.2 Å². The molecule has 23 heavy (non-hydrogen) atoms. The van der Waals surface area contributed by atoms with Crippen molar-refractivity contribution in [1.82, 2.24) is 15.1 Å². The van der Waals surface area contributed by atoms with Crippen LogP contribution in [0.2, 0.25) is 0 Å². The summed E-state index contributed by atoms with van der Waals surface area (Å²) >= 11 is 0. The van der Waals surface area contributed by atoms with E-state index in [0.717, 1.165) is 0 Å². The Kier molecular flexibility index (Phi) is 4.32. The lowest BCUT2D eigenvalue weighted by molar-refractivity contribution is -0.156. The zero-order chi connectivity index (χ0) is 16.6. The van der Waals surface area contributed by atoms with Crippen LogP contribution in [0.3, 0.4) is 0 Å². The summed E-state index contributed by atoms with van der Waals surface area (Å²) in [6, 6.07) is 5.08. The minimum absolute atomic E-state index is 0.254. The number of hydrogen-bond acceptors (Lipinski definition) is 4. The Labute approximate surface area is 133 Å². The molecule has 2 fully saturated rings. The van der Waals surface area contributed by atoms with Crippen molar-refractivity contribution in [3.8, 4) is 0 Å². The number of nitrogens with one attached hydrogen (secondary N) is 1. The highest BCUT2D eigenvalue weighted by molar-refractivity contribution is 5.97. The van der Waals surface area contributed by atoms with Gasteiger partial charge in [-0.05, 0) is 13.0 Å². The van der Waals surface area contributed by atoms with Crippen molar-refractivity contribution in [3.63, 3.8) is 0 Å². The second-order valence-electron chi connectivity index (χ2n) is 6.10. The average Bonchev–Trinajstić information content (AvgIpc) is 2.53. The second kappa shape index (κ2) is 6.25. The van der Waals surface area contributed by atoms with Gasteiger partial charge in [0.15, 0.2) is 0 Å². The van der Waals surface area contributed by atoms with Crippen LogP contribution in [0.15, 0.2) is 24.3 Å². The molecular weight excluding hydrogens is 301 g/mol. The van der Waals surface area contributed by atoms with Gasteiger partial charge in [-0.2, -0.15) is 0 Å². The number of carbonyl (C=O) groups is 2. The zero-order valence-electron chi connectivity index (χ0n) is 12.9. The minimum atomic E-state index is -0.927. The van der Waals surface area contributed by atoms with E-state index in [2.05, 4.69) is 5.32 Å². The molecule has 2 aliphatic rings. The number of rotatable bonds is 3. The lowest BCUT2D eigenvalue weighted by atomic mass is 10.0. The third-order valence-corrected chi connectivity index (χ3v) is 4.45. The largest absolute Gasteiger partial charge is 0.391 e. The molecule has 3 atom stereocenters. The summed E-state index contributed by atoms with van der Waals surface area (Å²) in [6.45, 7) is 3.21. The maximum Gasteiger partial charge on any atom is 0.248 e. The second-order valence-corrected chi connectivity index (χ2v) is 6.10. The highest BCUT2D eigenvalue weighted by atomic mass is 19.1. The van der Waals surface area contributed by atoms with Gasteiger partial charge in [0.25, 0.3) is 0 Å². The number of aliphatic hydroxyl groups excluding tert-OH is 1. The van der Waals surface area contributed by atoms with Gasteiger partial charge in [-0.1, -0.05) is 18.2 Å². The molecule has 3 rings (SSSR count). The summed E-state index contributed by atoms with van der Waals surface area (Å²) in [5, 5.41) is 12.2. The molecule has 0 saturated carbocycles. The Bertz CT molecular complexity index is 622. The normalized spacial score (nSPS) is 26.7. The number of hydrogen-bond donors (Lipinski definition) is 2. The monoisotopic (exact) mass is 321 g/mol. The number of aliphatic hydroxyl groups is 1. The van der Waals surface area contributed by atoms with E-state index in [1.165, 1.54) is 17.9 Å². The van der Waals surface area contributed by atoms with Gasteiger partial charge in [0.1, 0.15) is 17.9 Å². The molecule has 0 spiro atoms. The van der Waals surface area contributed by atoms with Crippen LogP contribution >= 0.6 is 0 Å². The van der Waals surface area contributed by atoms with E-state index >= 15 is 0 Å². The van der Waals surface area contributed by atoms with Crippen LogP contribution in [0.25, 0.3) is 0 Å². The number of halogens is 1.